The molecule has 9 nitrogen and oxygen atoms in total. The van der Waals surface area contributed by atoms with Crippen LogP contribution in [0.1, 0.15) is 80.9 Å². The van der Waals surface area contributed by atoms with E-state index in [9.17, 15) is 24.6 Å². The van der Waals surface area contributed by atoms with Crippen molar-refractivity contribution in [1.29, 1.82) is 0 Å². The number of carbonyl (C=O) groups is 3. The fourth-order valence-corrected chi connectivity index (χ4v) is 7.39. The van der Waals surface area contributed by atoms with Crippen LogP contribution in [0.3, 0.4) is 0 Å². The Hall–Kier alpha value is -2.81. The Labute approximate surface area is 211 Å². The molecule has 0 amide bonds. The molecular weight excluding hydrogens is 468 g/mol. The number of fused-ring (bicyclic) bond motifs is 3. The average Bonchev–Trinajstić information content (AvgIpc) is 3.12. The van der Waals surface area contributed by atoms with Crippen LogP contribution in [-0.4, -0.2) is 52.5 Å². The predicted octanol–water partition coefficient (Wildman–Crippen LogP) is 3.58. The fraction of sp³-hybridized carbons (Fsp3) is 0.667. The summed E-state index contributed by atoms with van der Waals surface area (Å²) in [5, 5.41) is 20.9. The lowest BCUT2D eigenvalue weighted by Gasteiger charge is -2.62. The molecule has 1 aromatic rings. The summed E-state index contributed by atoms with van der Waals surface area (Å²) in [5.41, 5.74) is -0.259. The molecule has 1 aliphatic carbocycles. The Kier molecular flexibility index (Phi) is 6.30. The monoisotopic (exact) mass is 504 g/mol. The highest BCUT2D eigenvalue weighted by atomic mass is 16.6. The van der Waals surface area contributed by atoms with Gasteiger partial charge in [-0.15, -0.1) is 0 Å². The van der Waals surface area contributed by atoms with Crippen LogP contribution in [0.15, 0.2) is 0 Å². The number of methoxy groups -OCH3 is 1. The van der Waals surface area contributed by atoms with Gasteiger partial charge in [0, 0.05) is 42.7 Å². The molecule has 3 aliphatic rings. The Bertz CT molecular complexity index is 1120. The van der Waals surface area contributed by atoms with Crippen molar-refractivity contribution in [3.8, 4) is 11.5 Å². The minimum atomic E-state index is -1.28. The predicted molar refractivity (Wildman–Crippen MR) is 128 cm³/mol. The SMILES string of the molecule is COc1c2c(c(C)c3c1C(=O)OC3)OC1(C)CC(OC(C)=O)C(C(C)(C)O)C(C)(CCC(=O)O)C1C2. The average molecular weight is 505 g/mol. The minimum absolute atomic E-state index is 0.123. The molecule has 2 heterocycles. The number of ether oxygens (including phenoxy) is 4. The number of esters is 2. The number of carbonyl (C=O) groups excluding carboxylic acids is 2. The summed E-state index contributed by atoms with van der Waals surface area (Å²) in [7, 11) is 1.51. The number of hydrogen-bond donors (Lipinski definition) is 2. The van der Waals surface area contributed by atoms with Crippen LogP contribution in [0.4, 0.5) is 0 Å². The maximum atomic E-state index is 12.6. The van der Waals surface area contributed by atoms with E-state index < -0.39 is 46.5 Å². The molecule has 5 atom stereocenters. The van der Waals surface area contributed by atoms with E-state index in [1.165, 1.54) is 14.0 Å². The number of aliphatic carboxylic acids is 1. The van der Waals surface area contributed by atoms with Gasteiger partial charge in [-0.3, -0.25) is 9.59 Å². The number of hydrogen-bond acceptors (Lipinski definition) is 8. The number of rotatable bonds is 6. The zero-order valence-corrected chi connectivity index (χ0v) is 22.0. The van der Waals surface area contributed by atoms with Gasteiger partial charge in [0.15, 0.2) is 0 Å². The molecule has 1 saturated carbocycles. The first kappa shape index (κ1) is 26.3. The molecule has 0 bridgehead atoms. The summed E-state index contributed by atoms with van der Waals surface area (Å²) in [5.74, 6) is -1.67. The molecule has 0 radical (unpaired) electrons. The number of carboxylic acid groups (broad SMARTS) is 1. The Morgan fingerprint density at radius 1 is 1.22 bits per heavy atom. The van der Waals surface area contributed by atoms with E-state index in [0.29, 0.717) is 29.9 Å². The molecule has 2 aliphatic heterocycles. The normalized spacial score (nSPS) is 30.9. The molecule has 5 unspecified atom stereocenters. The van der Waals surface area contributed by atoms with E-state index in [1.54, 1.807) is 13.8 Å². The number of aliphatic hydroxyl groups is 1. The van der Waals surface area contributed by atoms with Gasteiger partial charge in [0.1, 0.15) is 35.4 Å². The topological polar surface area (TPSA) is 129 Å². The third-order valence-electron chi connectivity index (χ3n) is 8.55. The summed E-state index contributed by atoms with van der Waals surface area (Å²) in [6.45, 7) is 10.6. The van der Waals surface area contributed by atoms with Crippen molar-refractivity contribution in [2.75, 3.05) is 7.11 Å². The molecule has 198 valence electrons. The Balaban J connectivity index is 1.93. The molecule has 2 N–H and O–H groups in total. The van der Waals surface area contributed by atoms with E-state index >= 15 is 0 Å². The zero-order valence-electron chi connectivity index (χ0n) is 22.0. The molecule has 1 fully saturated rings. The van der Waals surface area contributed by atoms with Crippen molar-refractivity contribution >= 4 is 17.9 Å². The van der Waals surface area contributed by atoms with E-state index in [1.807, 2.05) is 20.8 Å². The lowest BCUT2D eigenvalue weighted by molar-refractivity contribution is -0.223. The van der Waals surface area contributed by atoms with Crippen molar-refractivity contribution in [1.82, 2.24) is 0 Å². The maximum Gasteiger partial charge on any atom is 0.342 e. The molecule has 0 spiro atoms. The Morgan fingerprint density at radius 3 is 2.44 bits per heavy atom. The summed E-state index contributed by atoms with van der Waals surface area (Å²) >= 11 is 0. The van der Waals surface area contributed by atoms with Crippen LogP contribution in [-0.2, 0) is 32.1 Å². The van der Waals surface area contributed by atoms with E-state index in [2.05, 4.69) is 0 Å². The second-order valence-electron chi connectivity index (χ2n) is 11.4. The fourth-order valence-electron chi connectivity index (χ4n) is 7.39. The smallest absolute Gasteiger partial charge is 0.342 e. The zero-order chi connectivity index (χ0) is 26.8. The van der Waals surface area contributed by atoms with Crippen molar-refractivity contribution in [2.24, 2.45) is 17.3 Å². The van der Waals surface area contributed by atoms with Crippen LogP contribution >= 0.6 is 0 Å². The van der Waals surface area contributed by atoms with Crippen LogP contribution in [0.2, 0.25) is 0 Å². The highest BCUT2D eigenvalue weighted by Gasteiger charge is 2.64. The second-order valence-corrected chi connectivity index (χ2v) is 11.4. The number of benzene rings is 1. The van der Waals surface area contributed by atoms with Gasteiger partial charge in [0.25, 0.3) is 0 Å². The third kappa shape index (κ3) is 4.01. The second kappa shape index (κ2) is 8.64. The van der Waals surface area contributed by atoms with E-state index in [-0.39, 0.29) is 25.4 Å². The van der Waals surface area contributed by atoms with Crippen molar-refractivity contribution in [2.45, 2.75) is 91.1 Å². The molecule has 4 rings (SSSR count). The van der Waals surface area contributed by atoms with Gasteiger partial charge in [0.05, 0.1) is 12.7 Å². The molecular formula is C27H36O9. The van der Waals surface area contributed by atoms with Crippen molar-refractivity contribution < 1.29 is 43.5 Å². The molecule has 1 aromatic carbocycles. The van der Waals surface area contributed by atoms with Gasteiger partial charge in [-0.2, -0.15) is 0 Å². The molecule has 36 heavy (non-hydrogen) atoms. The first-order valence-corrected chi connectivity index (χ1v) is 12.3. The number of carboxylic acids is 1. The first-order chi connectivity index (χ1) is 16.6. The summed E-state index contributed by atoms with van der Waals surface area (Å²) in [6, 6.07) is 0. The van der Waals surface area contributed by atoms with E-state index in [4.69, 9.17) is 18.9 Å². The van der Waals surface area contributed by atoms with Crippen LogP contribution in [0, 0.1) is 24.2 Å². The molecule has 0 saturated heterocycles. The van der Waals surface area contributed by atoms with Crippen LogP contribution in [0.25, 0.3) is 0 Å². The van der Waals surface area contributed by atoms with Crippen LogP contribution < -0.4 is 9.47 Å². The van der Waals surface area contributed by atoms with E-state index in [0.717, 1.165) is 16.7 Å². The van der Waals surface area contributed by atoms with Gasteiger partial charge < -0.3 is 29.2 Å². The molecule has 9 heteroatoms. The largest absolute Gasteiger partial charge is 0.495 e. The minimum Gasteiger partial charge on any atom is -0.495 e. The first-order valence-electron chi connectivity index (χ1n) is 12.3. The van der Waals surface area contributed by atoms with Crippen molar-refractivity contribution in [3.63, 3.8) is 0 Å². The maximum absolute atomic E-state index is 12.6. The van der Waals surface area contributed by atoms with Gasteiger partial charge in [-0.1, -0.05) is 6.92 Å². The number of cyclic esters (lactones) is 1. The summed E-state index contributed by atoms with van der Waals surface area (Å²) in [6.07, 6.45) is 0.184. The lowest BCUT2D eigenvalue weighted by Crippen LogP contribution is -2.66. The van der Waals surface area contributed by atoms with Gasteiger partial charge >= 0.3 is 17.9 Å². The van der Waals surface area contributed by atoms with Crippen molar-refractivity contribution in [3.05, 3.63) is 22.3 Å². The third-order valence-corrected chi connectivity index (χ3v) is 8.55. The van der Waals surface area contributed by atoms with Gasteiger partial charge in [-0.25, -0.2) is 4.79 Å². The standard InChI is InChI=1S/C27H36O9/c1-13-16-12-34-24(31)20(16)22(33-7)15-10-18-26(5,9-8-19(29)30)23(25(3,4)32)17(35-14(2)28)11-27(18,6)36-21(13)15/h17-18,23,32H,8-12H2,1-7H3,(H,29,30). The Morgan fingerprint density at radius 2 is 1.89 bits per heavy atom. The summed E-state index contributed by atoms with van der Waals surface area (Å²) < 4.78 is 23.6. The van der Waals surface area contributed by atoms with Gasteiger partial charge in [-0.05, 0) is 51.5 Å². The highest BCUT2D eigenvalue weighted by molar-refractivity contribution is 5.98. The highest BCUT2D eigenvalue weighted by Crippen LogP contribution is 2.62. The van der Waals surface area contributed by atoms with Gasteiger partial charge in [0.2, 0.25) is 0 Å². The quantitative estimate of drug-likeness (QED) is 0.559. The van der Waals surface area contributed by atoms with Crippen LogP contribution in [0.5, 0.6) is 11.5 Å². The lowest BCUT2D eigenvalue weighted by atomic mass is 9.48. The summed E-state index contributed by atoms with van der Waals surface area (Å²) in [4.78, 5) is 36.4. The molecule has 0 aromatic heterocycles.